The van der Waals surface area contributed by atoms with Crippen LogP contribution in [0.2, 0.25) is 0 Å². The minimum absolute atomic E-state index is 0.00124. The summed E-state index contributed by atoms with van der Waals surface area (Å²) in [5, 5.41) is 11.5. The molecule has 138 valence electrons. The molecular formula is C18H16N4O5. The first-order valence-corrected chi connectivity index (χ1v) is 8.30. The predicted octanol–water partition coefficient (Wildman–Crippen LogP) is 1.88. The summed E-state index contributed by atoms with van der Waals surface area (Å²) < 4.78 is 12.7. The molecule has 2 aromatic heterocycles. The Bertz CT molecular complexity index is 1080. The molecule has 27 heavy (non-hydrogen) atoms. The Kier molecular flexibility index (Phi) is 4.11. The second kappa shape index (κ2) is 6.60. The highest BCUT2D eigenvalue weighted by atomic mass is 16.6. The largest absolute Gasteiger partial charge is 0.486 e. The van der Waals surface area contributed by atoms with Gasteiger partial charge in [-0.05, 0) is 24.3 Å². The van der Waals surface area contributed by atoms with Gasteiger partial charge < -0.3 is 14.4 Å². The van der Waals surface area contributed by atoms with Crippen LogP contribution in [-0.2, 0) is 0 Å². The van der Waals surface area contributed by atoms with Crippen molar-refractivity contribution in [1.82, 2.24) is 9.38 Å². The van der Waals surface area contributed by atoms with Gasteiger partial charge in [-0.2, -0.15) is 0 Å². The lowest BCUT2D eigenvalue weighted by molar-refractivity contribution is -0.385. The zero-order valence-corrected chi connectivity index (χ0v) is 14.4. The molecule has 0 radical (unpaired) electrons. The Morgan fingerprint density at radius 2 is 2.00 bits per heavy atom. The average Bonchev–Trinajstić information content (AvgIpc) is 2.67. The van der Waals surface area contributed by atoms with E-state index >= 15 is 0 Å². The molecule has 1 aliphatic heterocycles. The van der Waals surface area contributed by atoms with Gasteiger partial charge in [-0.3, -0.25) is 19.3 Å². The van der Waals surface area contributed by atoms with Gasteiger partial charge in [-0.15, -0.1) is 0 Å². The zero-order valence-electron chi connectivity index (χ0n) is 14.4. The maximum absolute atomic E-state index is 12.5. The summed E-state index contributed by atoms with van der Waals surface area (Å²) in [7, 11) is 1.64. The highest BCUT2D eigenvalue weighted by Crippen LogP contribution is 2.31. The van der Waals surface area contributed by atoms with E-state index in [0.29, 0.717) is 23.8 Å². The molecule has 3 heterocycles. The normalized spacial score (nSPS) is 15.5. The fraction of sp³-hybridized carbons (Fsp3) is 0.222. The third-order valence-electron chi connectivity index (χ3n) is 4.28. The van der Waals surface area contributed by atoms with E-state index in [1.165, 1.54) is 6.20 Å². The summed E-state index contributed by atoms with van der Waals surface area (Å²) >= 11 is 0. The van der Waals surface area contributed by atoms with Gasteiger partial charge in [0.1, 0.15) is 12.3 Å². The van der Waals surface area contributed by atoms with Crippen molar-refractivity contribution in [3.05, 3.63) is 69.1 Å². The molecular weight excluding hydrogens is 352 g/mol. The number of nitrogens with zero attached hydrogens (tertiary/aromatic N) is 4. The highest BCUT2D eigenvalue weighted by molar-refractivity contribution is 5.61. The minimum Gasteiger partial charge on any atom is -0.486 e. The number of ether oxygens (including phenoxy) is 2. The van der Waals surface area contributed by atoms with Crippen molar-refractivity contribution in [3.63, 3.8) is 0 Å². The number of rotatable bonds is 4. The summed E-state index contributed by atoms with van der Waals surface area (Å²) in [4.78, 5) is 29.2. The van der Waals surface area contributed by atoms with Crippen LogP contribution in [0.15, 0.2) is 53.5 Å². The van der Waals surface area contributed by atoms with Crippen LogP contribution in [0.4, 0.5) is 11.5 Å². The van der Waals surface area contributed by atoms with Gasteiger partial charge in [0.15, 0.2) is 17.6 Å². The molecule has 0 spiro atoms. The molecule has 3 aromatic rings. The van der Waals surface area contributed by atoms with Crippen molar-refractivity contribution in [1.29, 1.82) is 0 Å². The molecule has 0 bridgehead atoms. The molecule has 0 saturated carbocycles. The monoisotopic (exact) mass is 368 g/mol. The molecule has 0 aliphatic carbocycles. The van der Waals surface area contributed by atoms with Crippen LogP contribution >= 0.6 is 0 Å². The lowest BCUT2D eigenvalue weighted by Crippen LogP contribution is -2.40. The van der Waals surface area contributed by atoms with Gasteiger partial charge in [0, 0.05) is 13.2 Å². The molecule has 1 atom stereocenters. The fourth-order valence-electron chi connectivity index (χ4n) is 3.04. The van der Waals surface area contributed by atoms with Gasteiger partial charge in [0.25, 0.3) is 0 Å². The molecule has 1 aliphatic rings. The third kappa shape index (κ3) is 3.03. The lowest BCUT2D eigenvalue weighted by Gasteiger charge is -2.29. The van der Waals surface area contributed by atoms with Crippen molar-refractivity contribution in [2.75, 3.05) is 25.1 Å². The Labute approximate surface area is 153 Å². The van der Waals surface area contributed by atoms with Gasteiger partial charge in [0.05, 0.1) is 11.5 Å². The Morgan fingerprint density at radius 1 is 1.26 bits per heavy atom. The van der Waals surface area contributed by atoms with E-state index in [4.69, 9.17) is 9.47 Å². The smallest absolute Gasteiger partial charge is 0.376 e. The molecule has 1 aromatic carbocycles. The number of hydrogen-bond acceptors (Lipinski definition) is 7. The van der Waals surface area contributed by atoms with Gasteiger partial charge in [0.2, 0.25) is 5.82 Å². The van der Waals surface area contributed by atoms with Crippen LogP contribution in [0.3, 0.4) is 0 Å². The van der Waals surface area contributed by atoms with Crippen LogP contribution in [0.5, 0.6) is 11.5 Å². The first-order chi connectivity index (χ1) is 13.0. The SMILES string of the molecule is CN(C[C@@H]1COc2ccccc2O1)c1nc2ccccn2c(=O)c1[N+](=O)[O-]. The van der Waals surface area contributed by atoms with E-state index in [1.54, 1.807) is 36.2 Å². The summed E-state index contributed by atoms with van der Waals surface area (Å²) in [6.07, 6.45) is 1.09. The second-order valence-corrected chi connectivity index (χ2v) is 6.15. The number of likely N-dealkylation sites (N-methyl/N-ethyl adjacent to an activating group) is 1. The van der Waals surface area contributed by atoms with Crippen molar-refractivity contribution >= 4 is 17.2 Å². The van der Waals surface area contributed by atoms with E-state index in [9.17, 15) is 14.9 Å². The van der Waals surface area contributed by atoms with Gasteiger partial charge in [-0.25, -0.2) is 4.98 Å². The standard InChI is InChI=1S/C18H16N4O5/c1-20(10-12-11-26-13-6-2-3-7-14(13)27-12)17-16(22(24)25)18(23)21-9-5-4-8-15(21)19-17/h2-9,12H,10-11H2,1H3/t12-/m1/s1. The van der Waals surface area contributed by atoms with Crippen molar-refractivity contribution in [3.8, 4) is 11.5 Å². The van der Waals surface area contributed by atoms with Gasteiger partial charge in [-0.1, -0.05) is 18.2 Å². The summed E-state index contributed by atoms with van der Waals surface area (Å²) in [6, 6.07) is 12.3. The summed E-state index contributed by atoms with van der Waals surface area (Å²) in [5.74, 6) is 1.27. The Morgan fingerprint density at radius 3 is 2.78 bits per heavy atom. The predicted molar refractivity (Wildman–Crippen MR) is 97.7 cm³/mol. The van der Waals surface area contributed by atoms with Gasteiger partial charge >= 0.3 is 11.2 Å². The maximum Gasteiger partial charge on any atom is 0.376 e. The van der Waals surface area contributed by atoms with Crippen LogP contribution in [-0.4, -0.2) is 40.6 Å². The van der Waals surface area contributed by atoms with E-state index in [2.05, 4.69) is 4.98 Å². The Hall–Kier alpha value is -3.62. The summed E-state index contributed by atoms with van der Waals surface area (Å²) in [6.45, 7) is 0.562. The van der Waals surface area contributed by atoms with Crippen molar-refractivity contribution < 1.29 is 14.4 Å². The molecule has 4 rings (SSSR count). The molecule has 9 heteroatoms. The maximum atomic E-state index is 12.5. The first-order valence-electron chi connectivity index (χ1n) is 8.30. The van der Waals surface area contributed by atoms with E-state index in [1.807, 2.05) is 18.2 Å². The molecule has 0 fully saturated rings. The molecule has 0 unspecified atom stereocenters. The third-order valence-corrected chi connectivity index (χ3v) is 4.28. The number of anilines is 1. The quantitative estimate of drug-likeness (QED) is 0.512. The van der Waals surface area contributed by atoms with Crippen molar-refractivity contribution in [2.24, 2.45) is 0 Å². The fourth-order valence-corrected chi connectivity index (χ4v) is 3.04. The number of fused-ring (bicyclic) bond motifs is 2. The van der Waals surface area contributed by atoms with E-state index in [0.717, 1.165) is 4.40 Å². The summed E-state index contributed by atoms with van der Waals surface area (Å²) in [5.41, 5.74) is -0.960. The highest BCUT2D eigenvalue weighted by Gasteiger charge is 2.29. The number of aromatic nitrogens is 2. The Balaban J connectivity index is 1.67. The molecule has 0 amide bonds. The molecule has 0 saturated heterocycles. The number of nitro groups is 1. The number of para-hydroxylation sites is 2. The number of benzene rings is 1. The van der Waals surface area contributed by atoms with E-state index in [-0.39, 0.29) is 18.5 Å². The van der Waals surface area contributed by atoms with Crippen LogP contribution in [0.1, 0.15) is 0 Å². The van der Waals surface area contributed by atoms with E-state index < -0.39 is 16.2 Å². The lowest BCUT2D eigenvalue weighted by atomic mass is 10.2. The van der Waals surface area contributed by atoms with Crippen molar-refractivity contribution in [2.45, 2.75) is 6.10 Å². The van der Waals surface area contributed by atoms with Crippen LogP contribution in [0.25, 0.3) is 5.65 Å². The number of hydrogen-bond donors (Lipinski definition) is 0. The molecule has 9 nitrogen and oxygen atoms in total. The number of pyridine rings is 1. The minimum atomic E-state index is -0.724. The van der Waals surface area contributed by atoms with Crippen LogP contribution < -0.4 is 19.9 Å². The topological polar surface area (TPSA) is 99.2 Å². The average molecular weight is 368 g/mol. The van der Waals surface area contributed by atoms with Crippen LogP contribution in [0, 0.1) is 10.1 Å². The first kappa shape index (κ1) is 16.8. The zero-order chi connectivity index (χ0) is 19.0. The second-order valence-electron chi connectivity index (χ2n) is 6.15. The molecule has 0 N–H and O–H groups in total.